The van der Waals surface area contributed by atoms with E-state index in [-0.39, 0.29) is 11.6 Å². The highest BCUT2D eigenvalue weighted by molar-refractivity contribution is 5.48. The van der Waals surface area contributed by atoms with Gasteiger partial charge in [0.1, 0.15) is 6.07 Å². The molecule has 1 aromatic rings. The molecule has 1 atom stereocenters. The SMILES string of the molecule is CC(C#N)CN(C)c1nccnc1C#N. The molecule has 1 aromatic heterocycles. The zero-order valence-corrected chi connectivity index (χ0v) is 8.68. The van der Waals surface area contributed by atoms with Crippen LogP contribution in [-0.2, 0) is 0 Å². The van der Waals surface area contributed by atoms with E-state index in [1.807, 2.05) is 13.0 Å². The lowest BCUT2D eigenvalue weighted by Crippen LogP contribution is -2.25. The minimum Gasteiger partial charge on any atom is -0.356 e. The predicted molar refractivity (Wildman–Crippen MR) is 54.8 cm³/mol. The number of nitriles is 2. The summed E-state index contributed by atoms with van der Waals surface area (Å²) in [6.45, 7) is 2.35. The molecule has 0 aromatic carbocycles. The third-order valence-electron chi connectivity index (χ3n) is 1.91. The van der Waals surface area contributed by atoms with Crippen LogP contribution in [0.2, 0.25) is 0 Å². The van der Waals surface area contributed by atoms with Gasteiger partial charge in [-0.3, -0.25) is 0 Å². The van der Waals surface area contributed by atoms with Crippen molar-refractivity contribution in [2.45, 2.75) is 6.92 Å². The summed E-state index contributed by atoms with van der Waals surface area (Å²) in [7, 11) is 1.79. The van der Waals surface area contributed by atoms with Gasteiger partial charge in [-0.25, -0.2) is 9.97 Å². The molecule has 1 heterocycles. The highest BCUT2D eigenvalue weighted by Gasteiger charge is 2.11. The van der Waals surface area contributed by atoms with Crippen LogP contribution in [0.15, 0.2) is 12.4 Å². The van der Waals surface area contributed by atoms with E-state index in [1.165, 1.54) is 12.4 Å². The van der Waals surface area contributed by atoms with Crippen LogP contribution in [-0.4, -0.2) is 23.6 Å². The maximum absolute atomic E-state index is 8.81. The third kappa shape index (κ3) is 2.65. The topological polar surface area (TPSA) is 76.6 Å². The van der Waals surface area contributed by atoms with E-state index >= 15 is 0 Å². The summed E-state index contributed by atoms with van der Waals surface area (Å²) in [6.07, 6.45) is 3.01. The Balaban J connectivity index is 2.88. The molecule has 5 heteroatoms. The van der Waals surface area contributed by atoms with Crippen molar-refractivity contribution >= 4 is 5.82 Å². The van der Waals surface area contributed by atoms with E-state index in [1.54, 1.807) is 11.9 Å². The molecule has 15 heavy (non-hydrogen) atoms. The van der Waals surface area contributed by atoms with Crippen LogP contribution in [0, 0.1) is 28.6 Å². The Labute approximate surface area is 88.6 Å². The summed E-state index contributed by atoms with van der Waals surface area (Å²) < 4.78 is 0. The van der Waals surface area contributed by atoms with Gasteiger partial charge >= 0.3 is 0 Å². The highest BCUT2D eigenvalue weighted by Crippen LogP contribution is 2.13. The van der Waals surface area contributed by atoms with Crippen LogP contribution in [0.1, 0.15) is 12.6 Å². The zero-order chi connectivity index (χ0) is 11.3. The molecule has 0 bridgehead atoms. The Bertz CT molecular complexity index is 415. The Kier molecular flexibility index (Phi) is 3.59. The van der Waals surface area contributed by atoms with E-state index in [2.05, 4.69) is 16.0 Å². The van der Waals surface area contributed by atoms with Crippen molar-refractivity contribution in [2.24, 2.45) is 5.92 Å². The molecule has 5 nitrogen and oxygen atoms in total. The minimum absolute atomic E-state index is 0.108. The summed E-state index contributed by atoms with van der Waals surface area (Å²) in [5, 5.41) is 17.5. The molecule has 0 aliphatic heterocycles. The van der Waals surface area contributed by atoms with Gasteiger partial charge in [0.2, 0.25) is 0 Å². The predicted octanol–water partition coefficient (Wildman–Crippen LogP) is 0.944. The maximum atomic E-state index is 8.81. The van der Waals surface area contributed by atoms with E-state index < -0.39 is 0 Å². The van der Waals surface area contributed by atoms with Crippen molar-refractivity contribution < 1.29 is 0 Å². The van der Waals surface area contributed by atoms with E-state index in [4.69, 9.17) is 10.5 Å². The summed E-state index contributed by atoms with van der Waals surface area (Å²) >= 11 is 0. The van der Waals surface area contributed by atoms with Gasteiger partial charge in [-0.05, 0) is 6.92 Å². The fourth-order valence-corrected chi connectivity index (χ4v) is 1.23. The molecule has 1 unspecified atom stereocenters. The molecule has 1 rings (SSSR count). The highest BCUT2D eigenvalue weighted by atomic mass is 15.2. The van der Waals surface area contributed by atoms with Crippen LogP contribution >= 0.6 is 0 Å². The Morgan fingerprint density at radius 1 is 1.40 bits per heavy atom. The summed E-state index contributed by atoms with van der Waals surface area (Å²) in [5.74, 6) is 0.408. The lowest BCUT2D eigenvalue weighted by Gasteiger charge is -2.19. The summed E-state index contributed by atoms with van der Waals surface area (Å²) in [6, 6.07) is 4.10. The second-order valence-corrected chi connectivity index (χ2v) is 3.25. The van der Waals surface area contributed by atoms with Crippen molar-refractivity contribution in [3.8, 4) is 12.1 Å². The van der Waals surface area contributed by atoms with Gasteiger partial charge in [-0.1, -0.05) is 0 Å². The van der Waals surface area contributed by atoms with Gasteiger partial charge < -0.3 is 4.90 Å². The first-order valence-corrected chi connectivity index (χ1v) is 4.51. The minimum atomic E-state index is -0.108. The van der Waals surface area contributed by atoms with Crippen LogP contribution < -0.4 is 4.90 Å². The molecule has 76 valence electrons. The molecule has 0 N–H and O–H groups in total. The first kappa shape index (κ1) is 10.9. The van der Waals surface area contributed by atoms with Gasteiger partial charge in [0, 0.05) is 26.0 Å². The number of rotatable bonds is 3. The monoisotopic (exact) mass is 201 g/mol. The zero-order valence-electron chi connectivity index (χ0n) is 8.68. The maximum Gasteiger partial charge on any atom is 0.183 e. The normalized spacial score (nSPS) is 11.2. The summed E-state index contributed by atoms with van der Waals surface area (Å²) in [5.41, 5.74) is 0.283. The van der Waals surface area contributed by atoms with Crippen LogP contribution in [0.25, 0.3) is 0 Å². The molecule has 0 amide bonds. The number of aromatic nitrogens is 2. The van der Waals surface area contributed by atoms with Gasteiger partial charge in [-0.15, -0.1) is 0 Å². The van der Waals surface area contributed by atoms with Crippen LogP contribution in [0.4, 0.5) is 5.82 Å². The van der Waals surface area contributed by atoms with Crippen molar-refractivity contribution in [1.82, 2.24) is 9.97 Å². The molecule has 0 fully saturated rings. The van der Waals surface area contributed by atoms with Crippen molar-refractivity contribution in [3.63, 3.8) is 0 Å². The van der Waals surface area contributed by atoms with Crippen molar-refractivity contribution in [1.29, 1.82) is 10.5 Å². The van der Waals surface area contributed by atoms with E-state index in [0.29, 0.717) is 12.4 Å². The number of hydrogen-bond donors (Lipinski definition) is 0. The van der Waals surface area contributed by atoms with Crippen LogP contribution in [0.5, 0.6) is 0 Å². The lowest BCUT2D eigenvalue weighted by molar-refractivity contribution is 0.708. The van der Waals surface area contributed by atoms with Crippen LogP contribution in [0.3, 0.4) is 0 Å². The average Bonchev–Trinajstić information content (AvgIpc) is 2.28. The van der Waals surface area contributed by atoms with Crippen molar-refractivity contribution in [3.05, 3.63) is 18.1 Å². The quantitative estimate of drug-likeness (QED) is 0.727. The molecule has 0 saturated heterocycles. The summed E-state index contributed by atoms with van der Waals surface area (Å²) in [4.78, 5) is 9.73. The third-order valence-corrected chi connectivity index (χ3v) is 1.91. The molecule has 0 spiro atoms. The van der Waals surface area contributed by atoms with Gasteiger partial charge in [0.05, 0.1) is 12.0 Å². The largest absolute Gasteiger partial charge is 0.356 e. The van der Waals surface area contributed by atoms with Gasteiger partial charge in [0.25, 0.3) is 0 Å². The van der Waals surface area contributed by atoms with Gasteiger partial charge in [-0.2, -0.15) is 10.5 Å². The lowest BCUT2D eigenvalue weighted by atomic mass is 10.2. The van der Waals surface area contributed by atoms with Crippen molar-refractivity contribution in [2.75, 3.05) is 18.5 Å². The second-order valence-electron chi connectivity index (χ2n) is 3.25. The molecular formula is C10H11N5. The van der Waals surface area contributed by atoms with E-state index in [0.717, 1.165) is 0 Å². The van der Waals surface area contributed by atoms with Gasteiger partial charge in [0.15, 0.2) is 11.5 Å². The number of nitrogens with zero attached hydrogens (tertiary/aromatic N) is 5. The second kappa shape index (κ2) is 4.92. The fraction of sp³-hybridized carbons (Fsp3) is 0.400. The Morgan fingerprint density at radius 3 is 2.67 bits per heavy atom. The Hall–Kier alpha value is -2.14. The molecule has 0 aliphatic rings. The molecular weight excluding hydrogens is 190 g/mol. The average molecular weight is 201 g/mol. The molecule has 0 aliphatic carbocycles. The first-order chi connectivity index (χ1) is 7.19. The first-order valence-electron chi connectivity index (χ1n) is 4.51. The smallest absolute Gasteiger partial charge is 0.183 e. The standard InChI is InChI=1S/C10H11N5/c1-8(5-11)7-15(2)10-9(6-12)13-3-4-14-10/h3-4,8H,7H2,1-2H3. The molecule has 0 radical (unpaired) electrons. The number of anilines is 1. The molecule has 0 saturated carbocycles. The fourth-order valence-electron chi connectivity index (χ4n) is 1.23. The number of hydrogen-bond acceptors (Lipinski definition) is 5. The van der Waals surface area contributed by atoms with E-state index in [9.17, 15) is 0 Å². The Morgan fingerprint density at radius 2 is 2.07 bits per heavy atom.